The van der Waals surface area contributed by atoms with Gasteiger partial charge in [0.15, 0.2) is 5.13 Å². The molecule has 6 nitrogen and oxygen atoms in total. The lowest BCUT2D eigenvalue weighted by Gasteiger charge is -2.31. The number of nitrogens with zero attached hydrogens (tertiary/aromatic N) is 3. The molecule has 2 aromatic heterocycles. The molecule has 0 unspecified atom stereocenters. The van der Waals surface area contributed by atoms with Crippen LogP contribution in [0.4, 0.5) is 10.8 Å². The topological polar surface area (TPSA) is 67.3 Å². The van der Waals surface area contributed by atoms with Crippen LogP contribution in [0.5, 0.6) is 5.75 Å². The molecule has 1 fully saturated rings. The summed E-state index contributed by atoms with van der Waals surface area (Å²) in [6.45, 7) is 1.53. The van der Waals surface area contributed by atoms with Gasteiger partial charge in [-0.3, -0.25) is 4.79 Å². The lowest BCUT2D eigenvalue weighted by molar-refractivity contribution is -0.120. The number of fused-ring (bicyclic) bond motifs is 1. The summed E-state index contributed by atoms with van der Waals surface area (Å²) in [6.07, 6.45) is 3.55. The summed E-state index contributed by atoms with van der Waals surface area (Å²) in [5.74, 6) is 0.444. The number of halogens is 1. The molecule has 1 saturated heterocycles. The maximum Gasteiger partial charge on any atom is 0.229 e. The molecule has 27 heavy (non-hydrogen) atoms. The van der Waals surface area contributed by atoms with Gasteiger partial charge in [-0.1, -0.05) is 22.9 Å². The molecule has 1 aliphatic heterocycles. The van der Waals surface area contributed by atoms with E-state index in [1.54, 1.807) is 42.8 Å². The highest BCUT2D eigenvalue weighted by Crippen LogP contribution is 2.32. The number of hydrogen-bond donors (Lipinski definition) is 1. The molecule has 0 bridgehead atoms. The second-order valence-corrected chi connectivity index (χ2v) is 7.84. The zero-order valence-electron chi connectivity index (χ0n) is 14.8. The van der Waals surface area contributed by atoms with Crippen LogP contribution in [-0.2, 0) is 4.79 Å². The smallest absolute Gasteiger partial charge is 0.229 e. The second kappa shape index (κ2) is 7.70. The SMILES string of the molecule is COc1ccc(Cl)cc1NC(=O)[C@H]1CCCN(c2nc3cccnc3s2)C1. The molecule has 1 aliphatic rings. The number of hydrogen-bond acceptors (Lipinski definition) is 6. The van der Waals surface area contributed by atoms with Gasteiger partial charge in [-0.25, -0.2) is 9.97 Å². The van der Waals surface area contributed by atoms with Crippen molar-refractivity contribution in [2.24, 2.45) is 5.92 Å². The molecular formula is C19H19ClN4O2S. The number of nitrogens with one attached hydrogen (secondary N) is 1. The summed E-state index contributed by atoms with van der Waals surface area (Å²) in [5.41, 5.74) is 1.49. The number of thiazole rings is 1. The van der Waals surface area contributed by atoms with E-state index >= 15 is 0 Å². The van der Waals surface area contributed by atoms with Crippen LogP contribution in [0.15, 0.2) is 36.5 Å². The summed E-state index contributed by atoms with van der Waals surface area (Å²) < 4.78 is 5.31. The van der Waals surface area contributed by atoms with Crippen molar-refractivity contribution >= 4 is 50.0 Å². The van der Waals surface area contributed by atoms with E-state index in [1.807, 2.05) is 12.1 Å². The quantitative estimate of drug-likeness (QED) is 0.708. The largest absolute Gasteiger partial charge is 0.495 e. The molecule has 4 rings (SSSR count). The van der Waals surface area contributed by atoms with Gasteiger partial charge in [-0.05, 0) is 43.2 Å². The number of carbonyl (C=O) groups excluding carboxylic acids is 1. The van der Waals surface area contributed by atoms with E-state index in [1.165, 1.54) is 0 Å². The van der Waals surface area contributed by atoms with Gasteiger partial charge in [0.1, 0.15) is 16.1 Å². The molecule has 8 heteroatoms. The lowest BCUT2D eigenvalue weighted by Crippen LogP contribution is -2.40. The van der Waals surface area contributed by atoms with E-state index in [9.17, 15) is 4.79 Å². The molecule has 140 valence electrons. The summed E-state index contributed by atoms with van der Waals surface area (Å²) in [5, 5.41) is 4.44. The molecule has 0 radical (unpaired) electrons. The summed E-state index contributed by atoms with van der Waals surface area (Å²) >= 11 is 7.62. The van der Waals surface area contributed by atoms with Crippen molar-refractivity contribution in [1.29, 1.82) is 0 Å². The fourth-order valence-corrected chi connectivity index (χ4v) is 4.39. The van der Waals surface area contributed by atoms with Gasteiger partial charge in [-0.15, -0.1) is 0 Å². The molecule has 1 amide bonds. The van der Waals surface area contributed by atoms with Crippen molar-refractivity contribution in [2.45, 2.75) is 12.8 Å². The molecule has 3 heterocycles. The van der Waals surface area contributed by atoms with Gasteiger partial charge in [0.25, 0.3) is 0 Å². The third-order valence-electron chi connectivity index (χ3n) is 4.64. The monoisotopic (exact) mass is 402 g/mol. The molecule has 1 aromatic carbocycles. The minimum Gasteiger partial charge on any atom is -0.495 e. The Morgan fingerprint density at radius 3 is 3.11 bits per heavy atom. The van der Waals surface area contributed by atoms with Gasteiger partial charge in [0, 0.05) is 24.3 Å². The van der Waals surface area contributed by atoms with E-state index < -0.39 is 0 Å². The number of piperidine rings is 1. The van der Waals surface area contributed by atoms with Crippen LogP contribution in [0.2, 0.25) is 5.02 Å². The van der Waals surface area contributed by atoms with Crippen LogP contribution >= 0.6 is 22.9 Å². The Hall–Kier alpha value is -2.38. The standard InChI is InChI=1S/C19H19ClN4O2S/c1-26-16-7-6-13(20)10-15(16)22-17(25)12-4-3-9-24(11-12)19-23-14-5-2-8-21-18(14)27-19/h2,5-8,10,12H,3-4,9,11H2,1H3,(H,22,25)/t12-/m0/s1. The van der Waals surface area contributed by atoms with Gasteiger partial charge >= 0.3 is 0 Å². The fourth-order valence-electron chi connectivity index (χ4n) is 3.27. The van der Waals surface area contributed by atoms with Crippen LogP contribution in [0, 0.1) is 5.92 Å². The minimum atomic E-state index is -0.123. The first-order valence-corrected chi connectivity index (χ1v) is 9.94. The van der Waals surface area contributed by atoms with Crippen molar-refractivity contribution < 1.29 is 9.53 Å². The Morgan fingerprint density at radius 2 is 2.30 bits per heavy atom. The number of rotatable bonds is 4. The fraction of sp³-hybridized carbons (Fsp3) is 0.316. The number of aromatic nitrogens is 2. The van der Waals surface area contributed by atoms with E-state index in [4.69, 9.17) is 16.3 Å². The molecule has 0 saturated carbocycles. The molecule has 0 spiro atoms. The first-order chi connectivity index (χ1) is 13.1. The number of methoxy groups -OCH3 is 1. The number of pyridine rings is 1. The van der Waals surface area contributed by atoms with Gasteiger partial charge < -0.3 is 15.0 Å². The summed E-state index contributed by atoms with van der Waals surface area (Å²) in [4.78, 5) is 24.9. The maximum atomic E-state index is 12.8. The number of carbonyl (C=O) groups is 1. The Balaban J connectivity index is 1.49. The number of benzene rings is 1. The Labute approximate surface area is 166 Å². The first-order valence-electron chi connectivity index (χ1n) is 8.75. The average Bonchev–Trinajstić information content (AvgIpc) is 3.12. The molecular weight excluding hydrogens is 384 g/mol. The Morgan fingerprint density at radius 1 is 1.41 bits per heavy atom. The highest BCUT2D eigenvalue weighted by Gasteiger charge is 2.28. The number of ether oxygens (including phenoxy) is 1. The first kappa shape index (κ1) is 18.0. The van der Waals surface area contributed by atoms with Gasteiger partial charge in [0.2, 0.25) is 5.91 Å². The zero-order chi connectivity index (χ0) is 18.8. The minimum absolute atomic E-state index is 0.0282. The van der Waals surface area contributed by atoms with Crippen LogP contribution in [-0.4, -0.2) is 36.1 Å². The summed E-state index contributed by atoms with van der Waals surface area (Å²) in [7, 11) is 1.57. The van der Waals surface area contributed by atoms with E-state index in [0.29, 0.717) is 23.0 Å². The van der Waals surface area contributed by atoms with Gasteiger partial charge in [-0.2, -0.15) is 0 Å². The molecule has 1 N–H and O–H groups in total. The van der Waals surface area contributed by atoms with Crippen LogP contribution in [0.1, 0.15) is 12.8 Å². The maximum absolute atomic E-state index is 12.8. The van der Waals surface area contributed by atoms with E-state index in [0.717, 1.165) is 34.9 Å². The number of anilines is 2. The highest BCUT2D eigenvalue weighted by atomic mass is 35.5. The lowest BCUT2D eigenvalue weighted by atomic mass is 9.97. The van der Waals surface area contributed by atoms with E-state index in [2.05, 4.69) is 20.2 Å². The Kier molecular flexibility index (Phi) is 5.13. The highest BCUT2D eigenvalue weighted by molar-refractivity contribution is 7.21. The van der Waals surface area contributed by atoms with Crippen molar-refractivity contribution in [3.05, 3.63) is 41.6 Å². The third-order valence-corrected chi connectivity index (χ3v) is 5.91. The van der Waals surface area contributed by atoms with E-state index in [-0.39, 0.29) is 11.8 Å². The van der Waals surface area contributed by atoms with Crippen molar-refractivity contribution in [3.8, 4) is 5.75 Å². The zero-order valence-corrected chi connectivity index (χ0v) is 16.4. The average molecular weight is 403 g/mol. The normalized spacial score (nSPS) is 17.1. The van der Waals surface area contributed by atoms with Crippen LogP contribution in [0.3, 0.4) is 0 Å². The van der Waals surface area contributed by atoms with Crippen molar-refractivity contribution in [1.82, 2.24) is 9.97 Å². The Bertz CT molecular complexity index is 944. The second-order valence-electron chi connectivity index (χ2n) is 6.44. The van der Waals surface area contributed by atoms with Crippen LogP contribution in [0.25, 0.3) is 10.3 Å². The predicted octanol–water partition coefficient (Wildman–Crippen LogP) is 4.21. The number of amides is 1. The molecule has 3 aromatic rings. The third kappa shape index (κ3) is 3.84. The van der Waals surface area contributed by atoms with Crippen molar-refractivity contribution in [3.63, 3.8) is 0 Å². The molecule has 1 atom stereocenters. The molecule has 0 aliphatic carbocycles. The van der Waals surface area contributed by atoms with Crippen LogP contribution < -0.4 is 15.0 Å². The van der Waals surface area contributed by atoms with Crippen molar-refractivity contribution in [2.75, 3.05) is 30.4 Å². The summed E-state index contributed by atoms with van der Waals surface area (Å²) in [6, 6.07) is 9.04. The predicted molar refractivity (Wildman–Crippen MR) is 109 cm³/mol. The van der Waals surface area contributed by atoms with Gasteiger partial charge in [0.05, 0.1) is 18.7 Å².